The van der Waals surface area contributed by atoms with Crippen LogP contribution in [0.1, 0.15) is 32.1 Å². The van der Waals surface area contributed by atoms with Crippen LogP contribution in [0.3, 0.4) is 0 Å². The van der Waals surface area contributed by atoms with Gasteiger partial charge in [0.15, 0.2) is 0 Å². The maximum absolute atomic E-state index is 11.8. The van der Waals surface area contributed by atoms with Crippen molar-refractivity contribution in [3.8, 4) is 0 Å². The first kappa shape index (κ1) is 15.6. The van der Waals surface area contributed by atoms with Crippen LogP contribution in [0.4, 0.5) is 18.0 Å². The number of alkyl halides is 3. The molecule has 0 heterocycles. The van der Waals surface area contributed by atoms with Gasteiger partial charge in [-0.2, -0.15) is 13.2 Å². The molecule has 0 aromatic heterocycles. The first-order valence-corrected chi connectivity index (χ1v) is 6.07. The van der Waals surface area contributed by atoms with Gasteiger partial charge < -0.3 is 15.7 Å². The third kappa shape index (κ3) is 4.96. The molecule has 0 saturated heterocycles. The van der Waals surface area contributed by atoms with E-state index in [-0.39, 0.29) is 19.5 Å². The van der Waals surface area contributed by atoms with Gasteiger partial charge in [0.05, 0.1) is 5.41 Å². The van der Waals surface area contributed by atoms with Crippen molar-refractivity contribution in [1.29, 1.82) is 0 Å². The topological polar surface area (TPSA) is 78.4 Å². The number of hydrogen-bond donors (Lipinski definition) is 3. The molecule has 0 radical (unpaired) electrons. The smallest absolute Gasteiger partial charge is 0.389 e. The molecule has 8 heteroatoms. The van der Waals surface area contributed by atoms with Crippen LogP contribution in [0.2, 0.25) is 0 Å². The molecule has 1 rings (SSSR count). The van der Waals surface area contributed by atoms with E-state index in [2.05, 4.69) is 10.6 Å². The molecular formula is C11H17F3N2O3. The predicted octanol–water partition coefficient (Wildman–Crippen LogP) is 1.88. The van der Waals surface area contributed by atoms with E-state index >= 15 is 0 Å². The fourth-order valence-electron chi connectivity index (χ4n) is 1.87. The summed E-state index contributed by atoms with van der Waals surface area (Å²) in [6.07, 6.45) is -3.54. The summed E-state index contributed by atoms with van der Waals surface area (Å²) in [5.74, 6) is -0.948. The average Bonchev–Trinajstić information content (AvgIpc) is 2.21. The van der Waals surface area contributed by atoms with Crippen LogP contribution in [0.5, 0.6) is 0 Å². The first-order chi connectivity index (χ1) is 8.75. The summed E-state index contributed by atoms with van der Waals surface area (Å²) in [5.41, 5.74) is -0.899. The van der Waals surface area contributed by atoms with E-state index in [1.807, 2.05) is 0 Å². The van der Waals surface area contributed by atoms with Crippen LogP contribution in [-0.2, 0) is 4.79 Å². The van der Waals surface area contributed by atoms with Crippen LogP contribution < -0.4 is 10.6 Å². The van der Waals surface area contributed by atoms with E-state index in [0.29, 0.717) is 12.8 Å². The lowest BCUT2D eigenvalue weighted by molar-refractivity contribution is -0.153. The summed E-state index contributed by atoms with van der Waals surface area (Å²) >= 11 is 0. The number of carboxylic acids is 1. The van der Waals surface area contributed by atoms with Gasteiger partial charge in [-0.1, -0.05) is 6.42 Å². The van der Waals surface area contributed by atoms with Crippen molar-refractivity contribution in [3.05, 3.63) is 0 Å². The summed E-state index contributed by atoms with van der Waals surface area (Å²) in [6, 6.07) is -0.630. The van der Waals surface area contributed by atoms with Crippen LogP contribution in [0, 0.1) is 5.41 Å². The molecule has 110 valence electrons. The Morgan fingerprint density at radius 1 is 1.21 bits per heavy atom. The highest BCUT2D eigenvalue weighted by molar-refractivity contribution is 5.78. The van der Waals surface area contributed by atoms with Crippen molar-refractivity contribution >= 4 is 12.0 Å². The lowest BCUT2D eigenvalue weighted by atomic mass is 9.69. The van der Waals surface area contributed by atoms with E-state index in [9.17, 15) is 22.8 Å². The highest BCUT2D eigenvalue weighted by Crippen LogP contribution is 2.40. The maximum atomic E-state index is 11.8. The zero-order chi connectivity index (χ0) is 14.5. The van der Waals surface area contributed by atoms with E-state index < -0.39 is 30.0 Å². The second kappa shape index (κ2) is 6.12. The summed E-state index contributed by atoms with van der Waals surface area (Å²) < 4.78 is 35.5. The second-order valence-corrected chi connectivity index (χ2v) is 4.77. The van der Waals surface area contributed by atoms with Gasteiger partial charge in [0, 0.05) is 19.5 Å². The summed E-state index contributed by atoms with van der Waals surface area (Å²) in [6.45, 7) is -0.0845. The monoisotopic (exact) mass is 282 g/mol. The van der Waals surface area contributed by atoms with Crippen LogP contribution >= 0.6 is 0 Å². The minimum Gasteiger partial charge on any atom is -0.481 e. The third-order valence-electron chi connectivity index (χ3n) is 3.27. The number of urea groups is 1. The average molecular weight is 282 g/mol. The largest absolute Gasteiger partial charge is 0.481 e. The van der Waals surface area contributed by atoms with E-state index in [1.165, 1.54) is 0 Å². The fourth-order valence-corrected chi connectivity index (χ4v) is 1.87. The lowest BCUT2D eigenvalue weighted by Gasteiger charge is -2.37. The minimum absolute atomic E-state index is 0.00738. The Bertz CT molecular complexity index is 341. The Morgan fingerprint density at radius 3 is 2.26 bits per heavy atom. The number of halogens is 3. The number of rotatable bonds is 6. The molecule has 1 aliphatic carbocycles. The van der Waals surface area contributed by atoms with Crippen LogP contribution in [-0.4, -0.2) is 36.4 Å². The fraction of sp³-hybridized carbons (Fsp3) is 0.818. The lowest BCUT2D eigenvalue weighted by Crippen LogP contribution is -2.49. The minimum atomic E-state index is -4.22. The van der Waals surface area contributed by atoms with Gasteiger partial charge in [-0.15, -0.1) is 0 Å². The number of hydrogen-bond acceptors (Lipinski definition) is 2. The van der Waals surface area contributed by atoms with Gasteiger partial charge in [-0.25, -0.2) is 4.79 Å². The van der Waals surface area contributed by atoms with Crippen molar-refractivity contribution in [2.24, 2.45) is 5.41 Å². The first-order valence-electron chi connectivity index (χ1n) is 6.07. The number of carbonyl (C=O) groups excluding carboxylic acids is 1. The van der Waals surface area contributed by atoms with Gasteiger partial charge in [0.25, 0.3) is 0 Å². The number of amides is 2. The molecule has 1 aliphatic rings. The highest BCUT2D eigenvalue weighted by Gasteiger charge is 2.44. The van der Waals surface area contributed by atoms with Gasteiger partial charge in [0.1, 0.15) is 0 Å². The van der Waals surface area contributed by atoms with Gasteiger partial charge in [-0.3, -0.25) is 4.79 Å². The number of aliphatic carboxylic acids is 1. The molecule has 1 fully saturated rings. The van der Waals surface area contributed by atoms with Crippen LogP contribution in [0.25, 0.3) is 0 Å². The molecule has 0 spiro atoms. The third-order valence-corrected chi connectivity index (χ3v) is 3.27. The molecule has 5 nitrogen and oxygen atoms in total. The molecule has 3 N–H and O–H groups in total. The number of carboxylic acid groups (broad SMARTS) is 1. The molecular weight excluding hydrogens is 265 g/mol. The highest BCUT2D eigenvalue weighted by atomic mass is 19.4. The van der Waals surface area contributed by atoms with Crippen molar-refractivity contribution in [1.82, 2.24) is 10.6 Å². The number of nitrogens with one attached hydrogen (secondary N) is 2. The van der Waals surface area contributed by atoms with E-state index in [0.717, 1.165) is 6.42 Å². The van der Waals surface area contributed by atoms with Gasteiger partial charge in [0.2, 0.25) is 0 Å². The number of carbonyl (C=O) groups is 2. The van der Waals surface area contributed by atoms with Crippen LogP contribution in [0.15, 0.2) is 0 Å². The molecule has 19 heavy (non-hydrogen) atoms. The normalized spacial score (nSPS) is 17.4. The van der Waals surface area contributed by atoms with Crippen molar-refractivity contribution in [3.63, 3.8) is 0 Å². The van der Waals surface area contributed by atoms with Gasteiger partial charge >= 0.3 is 18.2 Å². The predicted molar refractivity (Wildman–Crippen MR) is 60.6 cm³/mol. The summed E-state index contributed by atoms with van der Waals surface area (Å²) in [5, 5.41) is 13.7. The second-order valence-electron chi connectivity index (χ2n) is 4.77. The molecule has 0 bridgehead atoms. The molecule has 0 aliphatic heterocycles. The van der Waals surface area contributed by atoms with Crippen molar-refractivity contribution < 1.29 is 27.9 Å². The standard InChI is InChI=1S/C11H17F3N2O3/c12-11(13,14)5-2-6-15-9(19)16-7-10(8(17)18)3-1-4-10/h1-7H2,(H,17,18)(H2,15,16,19). The van der Waals surface area contributed by atoms with E-state index in [1.54, 1.807) is 0 Å². The summed E-state index contributed by atoms with van der Waals surface area (Å²) in [7, 11) is 0. The SMILES string of the molecule is O=C(NCCCC(F)(F)F)NCC1(C(=O)O)CCC1. The Hall–Kier alpha value is -1.47. The maximum Gasteiger partial charge on any atom is 0.389 e. The Kier molecular flexibility index (Phi) is 5.02. The Labute approximate surface area is 108 Å². The molecule has 1 saturated carbocycles. The Balaban J connectivity index is 2.16. The zero-order valence-corrected chi connectivity index (χ0v) is 10.3. The molecule has 0 atom stereocenters. The quantitative estimate of drug-likeness (QED) is 0.651. The summed E-state index contributed by atoms with van der Waals surface area (Å²) in [4.78, 5) is 22.3. The van der Waals surface area contributed by atoms with Crippen molar-refractivity contribution in [2.45, 2.75) is 38.3 Å². The Morgan fingerprint density at radius 2 is 1.84 bits per heavy atom. The van der Waals surface area contributed by atoms with Gasteiger partial charge in [-0.05, 0) is 19.3 Å². The van der Waals surface area contributed by atoms with E-state index in [4.69, 9.17) is 5.11 Å². The molecule has 0 aromatic carbocycles. The molecule has 2 amide bonds. The molecule has 0 aromatic rings. The zero-order valence-electron chi connectivity index (χ0n) is 10.3. The van der Waals surface area contributed by atoms with Crippen molar-refractivity contribution in [2.75, 3.05) is 13.1 Å². The molecule has 0 unspecified atom stereocenters.